The molecule has 0 aromatic rings. The van der Waals surface area contributed by atoms with Crippen molar-refractivity contribution in [3.8, 4) is 0 Å². The Kier molecular flexibility index (Phi) is 4.20. The first kappa shape index (κ1) is 11.0. The second kappa shape index (κ2) is 4.97. The van der Waals surface area contributed by atoms with Gasteiger partial charge in [-0.05, 0) is 25.7 Å². The highest BCUT2D eigenvalue weighted by Gasteiger charge is 2.24. The van der Waals surface area contributed by atoms with Crippen LogP contribution in [0.2, 0.25) is 0 Å². The summed E-state index contributed by atoms with van der Waals surface area (Å²) < 4.78 is 0. The van der Waals surface area contributed by atoms with E-state index in [1.54, 1.807) is 0 Å². The van der Waals surface area contributed by atoms with E-state index >= 15 is 0 Å². The Hall–Kier alpha value is -0.0800. The number of hydrogen-bond acceptors (Lipinski definition) is 2. The molecule has 1 fully saturated rings. The van der Waals surface area contributed by atoms with E-state index in [9.17, 15) is 5.11 Å². The summed E-state index contributed by atoms with van der Waals surface area (Å²) in [6.45, 7) is 6.63. The third kappa shape index (κ3) is 3.28. The Labute approximate surface area is 81.7 Å². The van der Waals surface area contributed by atoms with Crippen LogP contribution < -0.4 is 5.32 Å². The Morgan fingerprint density at radius 2 is 1.77 bits per heavy atom. The maximum Gasteiger partial charge on any atom is 0.0693 e. The SMILES string of the molecule is CC(C)C(C)N[C@@H]1CCCC[C@H]1O. The lowest BCUT2D eigenvalue weighted by molar-refractivity contribution is 0.0826. The van der Waals surface area contributed by atoms with Gasteiger partial charge in [-0.1, -0.05) is 26.7 Å². The van der Waals surface area contributed by atoms with Crippen molar-refractivity contribution in [3.63, 3.8) is 0 Å². The molecule has 1 rings (SSSR count). The molecule has 0 radical (unpaired) electrons. The van der Waals surface area contributed by atoms with E-state index in [1.807, 2.05) is 0 Å². The van der Waals surface area contributed by atoms with Crippen LogP contribution >= 0.6 is 0 Å². The molecule has 78 valence electrons. The van der Waals surface area contributed by atoms with Crippen LogP contribution in [0.4, 0.5) is 0 Å². The molecule has 1 saturated carbocycles. The molecule has 0 aromatic heterocycles. The molecule has 0 spiro atoms. The predicted molar refractivity (Wildman–Crippen MR) is 55.7 cm³/mol. The first-order valence-corrected chi connectivity index (χ1v) is 5.55. The largest absolute Gasteiger partial charge is 0.392 e. The summed E-state index contributed by atoms with van der Waals surface area (Å²) in [6, 6.07) is 0.851. The van der Waals surface area contributed by atoms with Crippen molar-refractivity contribution >= 4 is 0 Å². The molecule has 0 aromatic carbocycles. The summed E-state index contributed by atoms with van der Waals surface area (Å²) in [4.78, 5) is 0. The van der Waals surface area contributed by atoms with Gasteiger partial charge in [0.1, 0.15) is 0 Å². The molecule has 3 atom stereocenters. The van der Waals surface area contributed by atoms with Gasteiger partial charge in [-0.3, -0.25) is 0 Å². The molecular formula is C11H23NO. The maximum atomic E-state index is 9.74. The molecular weight excluding hydrogens is 162 g/mol. The Balaban J connectivity index is 2.33. The van der Waals surface area contributed by atoms with Crippen LogP contribution in [0.1, 0.15) is 46.5 Å². The Morgan fingerprint density at radius 3 is 2.31 bits per heavy atom. The van der Waals surface area contributed by atoms with Crippen molar-refractivity contribution in [1.82, 2.24) is 5.32 Å². The van der Waals surface area contributed by atoms with Gasteiger partial charge in [0.15, 0.2) is 0 Å². The smallest absolute Gasteiger partial charge is 0.0693 e. The number of hydrogen-bond donors (Lipinski definition) is 2. The monoisotopic (exact) mass is 185 g/mol. The summed E-state index contributed by atoms with van der Waals surface area (Å²) in [5, 5.41) is 13.3. The third-order valence-electron chi connectivity index (χ3n) is 3.21. The minimum absolute atomic E-state index is 0.116. The lowest BCUT2D eigenvalue weighted by Crippen LogP contribution is -2.47. The lowest BCUT2D eigenvalue weighted by Gasteiger charge is -2.32. The topological polar surface area (TPSA) is 32.3 Å². The maximum absolute atomic E-state index is 9.74. The normalized spacial score (nSPS) is 32.1. The number of aliphatic hydroxyl groups is 1. The summed E-state index contributed by atoms with van der Waals surface area (Å²) in [5.74, 6) is 0.647. The molecule has 0 saturated heterocycles. The van der Waals surface area contributed by atoms with E-state index in [4.69, 9.17) is 0 Å². The van der Waals surface area contributed by atoms with E-state index in [0.29, 0.717) is 18.0 Å². The van der Waals surface area contributed by atoms with Crippen LogP contribution in [0.15, 0.2) is 0 Å². The minimum Gasteiger partial charge on any atom is -0.392 e. The molecule has 1 aliphatic rings. The Bertz CT molecular complexity index is 147. The van der Waals surface area contributed by atoms with Crippen LogP contribution in [-0.2, 0) is 0 Å². The van der Waals surface area contributed by atoms with E-state index in [0.717, 1.165) is 12.8 Å². The average Bonchev–Trinajstić information content (AvgIpc) is 2.08. The van der Waals surface area contributed by atoms with E-state index in [2.05, 4.69) is 26.1 Å². The fraction of sp³-hybridized carbons (Fsp3) is 1.00. The van der Waals surface area contributed by atoms with Crippen molar-refractivity contribution in [1.29, 1.82) is 0 Å². The summed E-state index contributed by atoms with van der Waals surface area (Å²) in [7, 11) is 0. The van der Waals surface area contributed by atoms with Gasteiger partial charge in [-0.25, -0.2) is 0 Å². The number of aliphatic hydroxyl groups excluding tert-OH is 1. The fourth-order valence-corrected chi connectivity index (χ4v) is 1.84. The zero-order valence-electron chi connectivity index (χ0n) is 9.09. The predicted octanol–water partition coefficient (Wildman–Crippen LogP) is 1.92. The van der Waals surface area contributed by atoms with Crippen molar-refractivity contribution in [2.45, 2.75) is 64.6 Å². The molecule has 13 heavy (non-hydrogen) atoms. The first-order chi connectivity index (χ1) is 6.11. The van der Waals surface area contributed by atoms with Gasteiger partial charge >= 0.3 is 0 Å². The van der Waals surface area contributed by atoms with Gasteiger partial charge < -0.3 is 10.4 Å². The highest BCUT2D eigenvalue weighted by molar-refractivity contribution is 4.83. The van der Waals surface area contributed by atoms with E-state index in [1.165, 1.54) is 12.8 Å². The van der Waals surface area contributed by atoms with Crippen molar-refractivity contribution < 1.29 is 5.11 Å². The molecule has 0 heterocycles. The molecule has 1 unspecified atom stereocenters. The molecule has 0 amide bonds. The first-order valence-electron chi connectivity index (χ1n) is 5.55. The van der Waals surface area contributed by atoms with Gasteiger partial charge in [-0.15, -0.1) is 0 Å². The molecule has 0 aliphatic heterocycles. The van der Waals surface area contributed by atoms with Crippen LogP contribution in [0.5, 0.6) is 0 Å². The minimum atomic E-state index is -0.116. The van der Waals surface area contributed by atoms with E-state index in [-0.39, 0.29) is 6.10 Å². The summed E-state index contributed by atoms with van der Waals surface area (Å²) in [6.07, 6.45) is 4.45. The zero-order chi connectivity index (χ0) is 9.84. The van der Waals surface area contributed by atoms with Gasteiger partial charge in [0.05, 0.1) is 6.10 Å². The lowest BCUT2D eigenvalue weighted by atomic mass is 9.91. The van der Waals surface area contributed by atoms with Crippen molar-refractivity contribution in [3.05, 3.63) is 0 Å². The van der Waals surface area contributed by atoms with Gasteiger partial charge in [0.2, 0.25) is 0 Å². The molecule has 2 nitrogen and oxygen atoms in total. The van der Waals surface area contributed by atoms with E-state index < -0.39 is 0 Å². The van der Waals surface area contributed by atoms with Crippen LogP contribution in [0, 0.1) is 5.92 Å². The van der Waals surface area contributed by atoms with Crippen LogP contribution in [-0.4, -0.2) is 23.3 Å². The van der Waals surface area contributed by atoms with Gasteiger partial charge in [-0.2, -0.15) is 0 Å². The van der Waals surface area contributed by atoms with Crippen LogP contribution in [0.3, 0.4) is 0 Å². The summed E-state index contributed by atoms with van der Waals surface area (Å²) >= 11 is 0. The molecule has 2 heteroatoms. The second-order valence-corrected chi connectivity index (χ2v) is 4.66. The summed E-state index contributed by atoms with van der Waals surface area (Å²) in [5.41, 5.74) is 0. The zero-order valence-corrected chi connectivity index (χ0v) is 9.09. The Morgan fingerprint density at radius 1 is 1.15 bits per heavy atom. The van der Waals surface area contributed by atoms with Crippen molar-refractivity contribution in [2.24, 2.45) is 5.92 Å². The van der Waals surface area contributed by atoms with Crippen LogP contribution in [0.25, 0.3) is 0 Å². The third-order valence-corrected chi connectivity index (χ3v) is 3.21. The molecule has 0 bridgehead atoms. The highest BCUT2D eigenvalue weighted by atomic mass is 16.3. The van der Waals surface area contributed by atoms with Gasteiger partial charge in [0.25, 0.3) is 0 Å². The highest BCUT2D eigenvalue weighted by Crippen LogP contribution is 2.19. The molecule has 1 aliphatic carbocycles. The number of rotatable bonds is 3. The fourth-order valence-electron chi connectivity index (χ4n) is 1.84. The quantitative estimate of drug-likeness (QED) is 0.704. The van der Waals surface area contributed by atoms with Gasteiger partial charge in [0, 0.05) is 12.1 Å². The molecule has 2 N–H and O–H groups in total. The second-order valence-electron chi connectivity index (χ2n) is 4.66. The van der Waals surface area contributed by atoms with Crippen molar-refractivity contribution in [2.75, 3.05) is 0 Å². The average molecular weight is 185 g/mol. The number of nitrogens with one attached hydrogen (secondary N) is 1. The standard InChI is InChI=1S/C11H23NO/c1-8(2)9(3)12-10-6-4-5-7-11(10)13/h8-13H,4-7H2,1-3H3/t9?,10-,11-/m1/s1.